The van der Waals surface area contributed by atoms with Gasteiger partial charge in [0.1, 0.15) is 7.05 Å². The smallest absolute Gasteiger partial charge is 0.201 e. The van der Waals surface area contributed by atoms with Crippen molar-refractivity contribution in [1.29, 1.82) is 0 Å². The number of aromatic nitrogens is 1. The Morgan fingerprint density at radius 2 is 2.00 bits per heavy atom. The first-order chi connectivity index (χ1) is 5.79. The van der Waals surface area contributed by atoms with Gasteiger partial charge in [0.15, 0.2) is 6.20 Å². The van der Waals surface area contributed by atoms with Gasteiger partial charge in [-0.1, -0.05) is 17.7 Å². The monoisotopic (exact) mass is 178 g/mol. The number of hydrogen-bond donors (Lipinski definition) is 0. The number of rotatable bonds is 0. The number of hydrogen-bond acceptors (Lipinski definition) is 0. The first kappa shape index (κ1) is 7.56. The normalized spacial score (nSPS) is 10.5. The molecule has 0 aliphatic heterocycles. The highest BCUT2D eigenvalue weighted by Gasteiger charge is 2.04. The van der Waals surface area contributed by atoms with Gasteiger partial charge in [-0.15, -0.1) is 0 Å². The van der Waals surface area contributed by atoms with Crippen LogP contribution < -0.4 is 4.57 Å². The fourth-order valence-electron chi connectivity index (χ4n) is 1.35. The number of nitrogens with zero attached hydrogens (tertiary/aromatic N) is 1. The summed E-state index contributed by atoms with van der Waals surface area (Å²) >= 11 is 6.02. The van der Waals surface area contributed by atoms with Crippen molar-refractivity contribution in [1.82, 2.24) is 0 Å². The van der Waals surface area contributed by atoms with Gasteiger partial charge in [-0.3, -0.25) is 0 Å². The maximum atomic E-state index is 6.02. The second-order valence-corrected chi connectivity index (χ2v) is 3.20. The summed E-state index contributed by atoms with van der Waals surface area (Å²) in [5, 5.41) is 1.91. The second kappa shape index (κ2) is 2.76. The van der Waals surface area contributed by atoms with Crippen LogP contribution in [0.5, 0.6) is 0 Å². The Kier molecular flexibility index (Phi) is 1.74. The van der Waals surface area contributed by atoms with Gasteiger partial charge in [-0.2, -0.15) is 0 Å². The van der Waals surface area contributed by atoms with E-state index in [0.29, 0.717) is 0 Å². The SMILES string of the molecule is C[n+]1cccc2c(Cl)cccc21. The molecule has 1 nitrogen and oxygen atoms in total. The summed E-state index contributed by atoms with van der Waals surface area (Å²) < 4.78 is 2.06. The molecular formula is C10H9ClN+. The van der Waals surface area contributed by atoms with Crippen LogP contribution in [0.25, 0.3) is 10.9 Å². The molecule has 0 aliphatic rings. The highest BCUT2D eigenvalue weighted by Crippen LogP contribution is 2.19. The molecule has 0 radical (unpaired) electrons. The predicted octanol–water partition coefficient (Wildman–Crippen LogP) is 2.32. The third kappa shape index (κ3) is 1.07. The molecule has 0 atom stereocenters. The van der Waals surface area contributed by atoms with Crippen molar-refractivity contribution < 1.29 is 4.57 Å². The average molecular weight is 179 g/mol. The Morgan fingerprint density at radius 1 is 1.17 bits per heavy atom. The first-order valence-corrected chi connectivity index (χ1v) is 4.20. The zero-order chi connectivity index (χ0) is 8.55. The molecule has 1 aromatic carbocycles. The highest BCUT2D eigenvalue weighted by molar-refractivity contribution is 6.35. The summed E-state index contributed by atoms with van der Waals surface area (Å²) in [6.45, 7) is 0. The average Bonchev–Trinajstić information content (AvgIpc) is 2.07. The van der Waals surface area contributed by atoms with Crippen LogP contribution in [0.15, 0.2) is 36.5 Å². The van der Waals surface area contributed by atoms with E-state index in [1.807, 2.05) is 37.5 Å². The lowest BCUT2D eigenvalue weighted by Gasteiger charge is -1.96. The second-order valence-electron chi connectivity index (χ2n) is 2.79. The van der Waals surface area contributed by atoms with Gasteiger partial charge in [-0.05, 0) is 12.1 Å². The summed E-state index contributed by atoms with van der Waals surface area (Å²) in [5.74, 6) is 0. The molecule has 12 heavy (non-hydrogen) atoms. The summed E-state index contributed by atoms with van der Waals surface area (Å²) in [5.41, 5.74) is 1.16. The Bertz CT molecular complexity index is 382. The Morgan fingerprint density at radius 3 is 2.75 bits per heavy atom. The molecule has 1 aromatic heterocycles. The van der Waals surface area contributed by atoms with Crippen molar-refractivity contribution in [3.63, 3.8) is 0 Å². The third-order valence-corrected chi connectivity index (χ3v) is 2.31. The molecule has 0 amide bonds. The number of aryl methyl sites for hydroxylation is 1. The van der Waals surface area contributed by atoms with Crippen molar-refractivity contribution in [3.05, 3.63) is 41.6 Å². The van der Waals surface area contributed by atoms with Crippen molar-refractivity contribution in [3.8, 4) is 0 Å². The number of benzene rings is 1. The van der Waals surface area contributed by atoms with E-state index in [2.05, 4.69) is 10.6 Å². The Hall–Kier alpha value is -1.08. The summed E-state index contributed by atoms with van der Waals surface area (Å²) in [6, 6.07) is 9.95. The maximum Gasteiger partial charge on any atom is 0.213 e. The van der Waals surface area contributed by atoms with Crippen LogP contribution >= 0.6 is 11.6 Å². The van der Waals surface area contributed by atoms with Crippen LogP contribution in [-0.2, 0) is 7.05 Å². The van der Waals surface area contributed by atoms with Gasteiger partial charge < -0.3 is 0 Å². The molecule has 0 aliphatic carbocycles. The fourth-order valence-corrected chi connectivity index (χ4v) is 1.58. The van der Waals surface area contributed by atoms with Gasteiger partial charge in [0.25, 0.3) is 0 Å². The van der Waals surface area contributed by atoms with Crippen LogP contribution in [0, 0.1) is 0 Å². The zero-order valence-electron chi connectivity index (χ0n) is 6.79. The number of fused-ring (bicyclic) bond motifs is 1. The van der Waals surface area contributed by atoms with E-state index >= 15 is 0 Å². The third-order valence-electron chi connectivity index (χ3n) is 1.98. The van der Waals surface area contributed by atoms with E-state index in [-0.39, 0.29) is 0 Å². The minimum Gasteiger partial charge on any atom is -0.201 e. The quantitative estimate of drug-likeness (QED) is 0.546. The van der Waals surface area contributed by atoms with Gasteiger partial charge in [0.05, 0.1) is 10.4 Å². The summed E-state index contributed by atoms with van der Waals surface area (Å²) in [7, 11) is 2.01. The van der Waals surface area contributed by atoms with Crippen molar-refractivity contribution in [2.75, 3.05) is 0 Å². The Balaban J connectivity index is 2.94. The molecule has 0 spiro atoms. The molecule has 0 bridgehead atoms. The van der Waals surface area contributed by atoms with Crippen molar-refractivity contribution in [2.24, 2.45) is 7.05 Å². The summed E-state index contributed by atoms with van der Waals surface area (Å²) in [6.07, 6.45) is 2.01. The van der Waals surface area contributed by atoms with Gasteiger partial charge >= 0.3 is 0 Å². The molecule has 1 heterocycles. The highest BCUT2D eigenvalue weighted by atomic mass is 35.5. The van der Waals surface area contributed by atoms with Crippen LogP contribution in [-0.4, -0.2) is 0 Å². The topological polar surface area (TPSA) is 3.88 Å². The molecule has 0 saturated heterocycles. The largest absolute Gasteiger partial charge is 0.213 e. The molecule has 0 fully saturated rings. The number of pyridine rings is 1. The lowest BCUT2D eigenvalue weighted by molar-refractivity contribution is -0.644. The predicted molar refractivity (Wildman–Crippen MR) is 50.1 cm³/mol. The van der Waals surface area contributed by atoms with E-state index in [1.165, 1.54) is 0 Å². The lowest BCUT2D eigenvalue weighted by Crippen LogP contribution is -2.27. The van der Waals surface area contributed by atoms with E-state index in [4.69, 9.17) is 11.6 Å². The molecule has 2 rings (SSSR count). The molecule has 0 unspecified atom stereocenters. The maximum absolute atomic E-state index is 6.02. The first-order valence-electron chi connectivity index (χ1n) is 3.82. The minimum absolute atomic E-state index is 0.809. The molecule has 0 saturated carbocycles. The van der Waals surface area contributed by atoms with Gasteiger partial charge in [-0.25, -0.2) is 4.57 Å². The molecule has 2 aromatic rings. The fraction of sp³-hybridized carbons (Fsp3) is 0.100. The lowest BCUT2D eigenvalue weighted by atomic mass is 10.2. The van der Waals surface area contributed by atoms with E-state index < -0.39 is 0 Å². The number of halogens is 1. The molecular weight excluding hydrogens is 170 g/mol. The van der Waals surface area contributed by atoms with Crippen LogP contribution in [0.3, 0.4) is 0 Å². The van der Waals surface area contributed by atoms with Crippen LogP contribution in [0.2, 0.25) is 5.02 Å². The van der Waals surface area contributed by atoms with E-state index in [1.54, 1.807) is 0 Å². The van der Waals surface area contributed by atoms with E-state index in [0.717, 1.165) is 15.9 Å². The van der Waals surface area contributed by atoms with E-state index in [9.17, 15) is 0 Å². The zero-order valence-corrected chi connectivity index (χ0v) is 7.55. The van der Waals surface area contributed by atoms with Gasteiger partial charge in [0, 0.05) is 12.1 Å². The minimum atomic E-state index is 0.809. The molecule has 0 N–H and O–H groups in total. The summed E-state index contributed by atoms with van der Waals surface area (Å²) in [4.78, 5) is 0. The Labute approximate surface area is 76.2 Å². The standard InChI is InChI=1S/C10H9ClN/c1-12-7-3-4-8-9(11)5-2-6-10(8)12/h2-7H,1H3/q+1. The van der Waals surface area contributed by atoms with Crippen LogP contribution in [0.4, 0.5) is 0 Å². The van der Waals surface area contributed by atoms with Crippen molar-refractivity contribution in [2.45, 2.75) is 0 Å². The molecule has 2 heteroatoms. The van der Waals surface area contributed by atoms with Gasteiger partial charge in [0.2, 0.25) is 5.52 Å². The molecule has 60 valence electrons. The van der Waals surface area contributed by atoms with Crippen molar-refractivity contribution >= 4 is 22.5 Å². The van der Waals surface area contributed by atoms with Crippen LogP contribution in [0.1, 0.15) is 0 Å².